The fourth-order valence-corrected chi connectivity index (χ4v) is 3.14. The number of hydrogen-bond acceptors (Lipinski definition) is 7. The van der Waals surface area contributed by atoms with Crippen LogP contribution in [0.1, 0.15) is 23.5 Å². The Hall–Kier alpha value is -3.35. The summed E-state index contributed by atoms with van der Waals surface area (Å²) in [4.78, 5) is 26.2. The third kappa shape index (κ3) is 4.93. The van der Waals surface area contributed by atoms with Crippen molar-refractivity contribution in [2.45, 2.75) is 19.1 Å². The summed E-state index contributed by atoms with van der Waals surface area (Å²) < 4.78 is 52.0. The SMILES string of the molecule is C[C@H](Nc1ncc(F)c(NC(=O)O)n1)c1cnc(-c2ccnc(C(F)(F)F)c2)s1. The summed E-state index contributed by atoms with van der Waals surface area (Å²) in [5.41, 5.74) is -0.752. The molecule has 3 heterocycles. The minimum atomic E-state index is -4.56. The number of amides is 1. The highest BCUT2D eigenvalue weighted by atomic mass is 32.1. The average Bonchev–Trinajstić information content (AvgIpc) is 3.14. The quantitative estimate of drug-likeness (QED) is 0.516. The van der Waals surface area contributed by atoms with Gasteiger partial charge in [-0.05, 0) is 19.1 Å². The number of hydrogen-bond donors (Lipinski definition) is 3. The van der Waals surface area contributed by atoms with Crippen LogP contribution in [0.25, 0.3) is 10.6 Å². The number of rotatable bonds is 5. The lowest BCUT2D eigenvalue weighted by Gasteiger charge is -2.12. The molecule has 13 heteroatoms. The maximum absolute atomic E-state index is 13.5. The van der Waals surface area contributed by atoms with E-state index in [-0.39, 0.29) is 11.5 Å². The second kappa shape index (κ2) is 7.95. The Morgan fingerprint density at radius 3 is 2.69 bits per heavy atom. The molecule has 0 unspecified atom stereocenters. The van der Waals surface area contributed by atoms with Crippen LogP contribution in [0.2, 0.25) is 0 Å². The van der Waals surface area contributed by atoms with E-state index in [1.807, 2.05) is 5.32 Å². The molecule has 8 nitrogen and oxygen atoms in total. The van der Waals surface area contributed by atoms with E-state index in [1.165, 1.54) is 12.3 Å². The van der Waals surface area contributed by atoms with Crippen molar-refractivity contribution in [3.63, 3.8) is 0 Å². The molecule has 3 rings (SSSR count). The Bertz CT molecular complexity index is 1040. The van der Waals surface area contributed by atoms with Gasteiger partial charge in [0.1, 0.15) is 10.7 Å². The monoisotopic (exact) mass is 428 g/mol. The normalized spacial score (nSPS) is 12.4. The van der Waals surface area contributed by atoms with E-state index in [9.17, 15) is 22.4 Å². The molecule has 0 bridgehead atoms. The second-order valence-corrected chi connectivity index (χ2v) is 6.74. The predicted molar refractivity (Wildman–Crippen MR) is 96.0 cm³/mol. The number of carbonyl (C=O) groups is 1. The molecule has 0 saturated carbocycles. The van der Waals surface area contributed by atoms with Crippen LogP contribution in [-0.4, -0.2) is 31.1 Å². The molecule has 3 aromatic rings. The van der Waals surface area contributed by atoms with Crippen LogP contribution in [0, 0.1) is 5.82 Å². The van der Waals surface area contributed by atoms with Crippen molar-refractivity contribution in [3.05, 3.63) is 47.1 Å². The molecule has 1 amide bonds. The van der Waals surface area contributed by atoms with Gasteiger partial charge in [-0.2, -0.15) is 18.2 Å². The maximum Gasteiger partial charge on any atom is 0.433 e. The number of alkyl halides is 3. The van der Waals surface area contributed by atoms with E-state index in [0.29, 0.717) is 9.88 Å². The highest BCUT2D eigenvalue weighted by Gasteiger charge is 2.32. The zero-order valence-corrected chi connectivity index (χ0v) is 15.3. The fourth-order valence-electron chi connectivity index (χ4n) is 2.23. The number of anilines is 2. The van der Waals surface area contributed by atoms with Crippen molar-refractivity contribution >= 4 is 29.2 Å². The zero-order chi connectivity index (χ0) is 21.2. The van der Waals surface area contributed by atoms with Crippen LogP contribution < -0.4 is 10.6 Å². The zero-order valence-electron chi connectivity index (χ0n) is 14.5. The van der Waals surface area contributed by atoms with Crippen LogP contribution in [0.15, 0.2) is 30.7 Å². The Morgan fingerprint density at radius 2 is 2.00 bits per heavy atom. The molecule has 0 fully saturated rings. The number of pyridine rings is 1. The van der Waals surface area contributed by atoms with E-state index in [2.05, 4.69) is 25.3 Å². The number of nitrogens with one attached hydrogen (secondary N) is 2. The molecule has 29 heavy (non-hydrogen) atoms. The molecular weight excluding hydrogens is 416 g/mol. The van der Waals surface area contributed by atoms with E-state index >= 15 is 0 Å². The van der Waals surface area contributed by atoms with Gasteiger partial charge in [-0.15, -0.1) is 11.3 Å². The summed E-state index contributed by atoms with van der Waals surface area (Å²) in [5, 5.41) is 13.7. The summed E-state index contributed by atoms with van der Waals surface area (Å²) in [5.74, 6) is -1.49. The van der Waals surface area contributed by atoms with Gasteiger partial charge in [0.2, 0.25) is 5.95 Å². The highest BCUT2D eigenvalue weighted by molar-refractivity contribution is 7.15. The topological polar surface area (TPSA) is 113 Å². The number of carboxylic acid groups (broad SMARTS) is 1. The Kier molecular flexibility index (Phi) is 5.59. The van der Waals surface area contributed by atoms with Crippen molar-refractivity contribution in [3.8, 4) is 10.6 Å². The molecule has 0 saturated heterocycles. The first-order valence-corrected chi connectivity index (χ1v) is 8.73. The lowest BCUT2D eigenvalue weighted by molar-refractivity contribution is -0.141. The van der Waals surface area contributed by atoms with Gasteiger partial charge in [0, 0.05) is 22.8 Å². The third-order valence-corrected chi connectivity index (χ3v) is 4.79. The molecule has 1 atom stereocenters. The minimum absolute atomic E-state index is 0.0409. The Balaban J connectivity index is 1.78. The van der Waals surface area contributed by atoms with Crippen LogP contribution in [0.3, 0.4) is 0 Å². The molecule has 0 aromatic carbocycles. The van der Waals surface area contributed by atoms with E-state index in [4.69, 9.17) is 5.11 Å². The van der Waals surface area contributed by atoms with Gasteiger partial charge < -0.3 is 10.4 Å². The van der Waals surface area contributed by atoms with Crippen molar-refractivity contribution in [2.75, 3.05) is 10.6 Å². The summed E-state index contributed by atoms with van der Waals surface area (Å²) >= 11 is 1.14. The molecule has 3 N–H and O–H groups in total. The molecule has 0 aliphatic heterocycles. The predicted octanol–water partition coefficient (Wildman–Crippen LogP) is 4.42. The average molecular weight is 428 g/mol. The smallest absolute Gasteiger partial charge is 0.433 e. The summed E-state index contributed by atoms with van der Waals surface area (Å²) in [7, 11) is 0. The van der Waals surface area contributed by atoms with E-state index in [1.54, 1.807) is 6.92 Å². The van der Waals surface area contributed by atoms with Crippen molar-refractivity contribution in [1.82, 2.24) is 19.9 Å². The Labute approximate surface area is 164 Å². The molecule has 152 valence electrons. The number of thiazole rings is 1. The van der Waals surface area contributed by atoms with Crippen LogP contribution in [0.5, 0.6) is 0 Å². The molecule has 0 radical (unpaired) electrons. The van der Waals surface area contributed by atoms with Crippen molar-refractivity contribution in [1.29, 1.82) is 0 Å². The van der Waals surface area contributed by atoms with Crippen LogP contribution in [0.4, 0.5) is 34.1 Å². The second-order valence-electron chi connectivity index (χ2n) is 5.68. The molecular formula is C16H12F4N6O2S. The first kappa shape index (κ1) is 20.4. The largest absolute Gasteiger partial charge is 0.465 e. The molecule has 3 aromatic heterocycles. The van der Waals surface area contributed by atoms with Crippen molar-refractivity contribution in [2.24, 2.45) is 0 Å². The maximum atomic E-state index is 13.5. The van der Waals surface area contributed by atoms with Gasteiger partial charge >= 0.3 is 12.3 Å². The van der Waals surface area contributed by atoms with Gasteiger partial charge in [0.15, 0.2) is 11.6 Å². The van der Waals surface area contributed by atoms with E-state index < -0.39 is 35.6 Å². The molecule has 0 aliphatic carbocycles. The highest BCUT2D eigenvalue weighted by Crippen LogP contribution is 2.33. The Morgan fingerprint density at radius 1 is 1.24 bits per heavy atom. The van der Waals surface area contributed by atoms with Crippen molar-refractivity contribution < 1.29 is 27.5 Å². The van der Waals surface area contributed by atoms with E-state index in [0.717, 1.165) is 29.8 Å². The third-order valence-electron chi connectivity index (χ3n) is 3.56. The van der Waals surface area contributed by atoms with Crippen LogP contribution in [-0.2, 0) is 6.18 Å². The summed E-state index contributed by atoms with van der Waals surface area (Å²) in [6.45, 7) is 1.71. The summed E-state index contributed by atoms with van der Waals surface area (Å²) in [6.07, 6.45) is -2.70. The number of nitrogens with zero attached hydrogens (tertiary/aromatic N) is 4. The van der Waals surface area contributed by atoms with Gasteiger partial charge in [0.05, 0.1) is 12.2 Å². The fraction of sp³-hybridized carbons (Fsp3) is 0.188. The van der Waals surface area contributed by atoms with Gasteiger partial charge in [-0.1, -0.05) is 0 Å². The first-order chi connectivity index (χ1) is 13.6. The first-order valence-electron chi connectivity index (χ1n) is 7.92. The van der Waals surface area contributed by atoms with Gasteiger partial charge in [-0.3, -0.25) is 10.3 Å². The lowest BCUT2D eigenvalue weighted by atomic mass is 10.2. The lowest BCUT2D eigenvalue weighted by Crippen LogP contribution is -2.14. The number of aromatic nitrogens is 4. The number of halogens is 4. The minimum Gasteiger partial charge on any atom is -0.465 e. The van der Waals surface area contributed by atoms with Crippen LogP contribution >= 0.6 is 11.3 Å². The molecule has 0 spiro atoms. The van der Waals surface area contributed by atoms with Gasteiger partial charge in [-0.25, -0.2) is 19.2 Å². The van der Waals surface area contributed by atoms with Gasteiger partial charge in [0.25, 0.3) is 0 Å². The molecule has 0 aliphatic rings. The summed E-state index contributed by atoms with van der Waals surface area (Å²) in [6, 6.07) is 1.89. The standard InChI is InChI=1S/C16H12F4N6O2S/c1-7(24-14-23-5-9(17)12(25-14)26-15(27)28)10-6-22-13(29-10)8-2-3-21-11(4-8)16(18,19)20/h2-7H,1H3,(H,27,28)(H2,23,24,25,26)/t7-/m0/s1.